The highest BCUT2D eigenvalue weighted by Crippen LogP contribution is 2.19. The Balaban J connectivity index is 2.74. The molecule has 5 nitrogen and oxygen atoms in total. The zero-order chi connectivity index (χ0) is 12.0. The second-order valence-corrected chi connectivity index (χ2v) is 3.53. The predicted octanol–water partition coefficient (Wildman–Crippen LogP) is 1.35. The summed E-state index contributed by atoms with van der Waals surface area (Å²) in [7, 11) is 1.56. The molecule has 1 heterocycles. The molecule has 3 N–H and O–H groups in total. The van der Waals surface area contributed by atoms with Gasteiger partial charge in [-0.15, -0.1) is 5.10 Å². The summed E-state index contributed by atoms with van der Waals surface area (Å²) in [5, 5.41) is 7.95. The third-order valence-electron chi connectivity index (χ3n) is 2.42. The van der Waals surface area contributed by atoms with Gasteiger partial charge in [0.2, 0.25) is 5.88 Å². The highest BCUT2D eigenvalue weighted by Gasteiger charge is 2.12. The van der Waals surface area contributed by atoms with Crippen molar-refractivity contribution >= 4 is 0 Å². The summed E-state index contributed by atoms with van der Waals surface area (Å²) in [5.41, 5.74) is 4.63. The minimum absolute atomic E-state index is 0.0501. The van der Waals surface area contributed by atoms with Gasteiger partial charge < -0.3 is 4.74 Å². The van der Waals surface area contributed by atoms with E-state index in [1.54, 1.807) is 13.2 Å². The first kappa shape index (κ1) is 12.6. The van der Waals surface area contributed by atoms with Crippen LogP contribution in [0.15, 0.2) is 24.3 Å². The van der Waals surface area contributed by atoms with Crippen LogP contribution in [0, 0.1) is 0 Å². The van der Waals surface area contributed by atoms with E-state index in [0.717, 1.165) is 24.1 Å². The molecule has 88 valence electrons. The van der Waals surface area contributed by atoms with Crippen LogP contribution in [0.25, 0.3) is 0 Å². The number of hydrogen-bond donors (Lipinski definition) is 2. The van der Waals surface area contributed by atoms with E-state index in [0.29, 0.717) is 5.88 Å². The topological polar surface area (TPSA) is 73.1 Å². The third kappa shape index (κ3) is 3.29. The molecule has 0 bridgehead atoms. The maximum absolute atomic E-state index is 5.49. The van der Waals surface area contributed by atoms with Gasteiger partial charge >= 0.3 is 0 Å². The molecular formula is C11H18N4O. The Labute approximate surface area is 95.7 Å². The lowest BCUT2D eigenvalue weighted by Gasteiger charge is -2.15. The van der Waals surface area contributed by atoms with Crippen molar-refractivity contribution in [2.75, 3.05) is 7.11 Å². The molecule has 1 aromatic rings. The summed E-state index contributed by atoms with van der Waals surface area (Å²) < 4.78 is 4.94. The standard InChI is InChI=1S/C11H18N4O/c1-4-8(2)7-10(13-12)9-5-6-11(16-3)15-14-9/h5-6,10,13H,2,4,7,12H2,1,3H3. The Hall–Kier alpha value is -1.46. The number of hydrogen-bond acceptors (Lipinski definition) is 5. The van der Waals surface area contributed by atoms with Gasteiger partial charge in [-0.25, -0.2) is 0 Å². The van der Waals surface area contributed by atoms with Gasteiger partial charge in [0.05, 0.1) is 18.8 Å². The molecule has 1 rings (SSSR count). The molecule has 0 aliphatic rings. The molecule has 1 atom stereocenters. The molecule has 16 heavy (non-hydrogen) atoms. The smallest absolute Gasteiger partial charge is 0.233 e. The van der Waals surface area contributed by atoms with Crippen LogP contribution in [0.2, 0.25) is 0 Å². The Morgan fingerprint density at radius 1 is 1.56 bits per heavy atom. The molecule has 0 aliphatic carbocycles. The van der Waals surface area contributed by atoms with Gasteiger partial charge in [0.1, 0.15) is 0 Å². The Morgan fingerprint density at radius 3 is 2.75 bits per heavy atom. The maximum atomic E-state index is 5.49. The summed E-state index contributed by atoms with van der Waals surface area (Å²) in [4.78, 5) is 0. The fourth-order valence-electron chi connectivity index (χ4n) is 1.31. The first-order valence-corrected chi connectivity index (χ1v) is 5.21. The van der Waals surface area contributed by atoms with E-state index in [9.17, 15) is 0 Å². The SMILES string of the molecule is C=C(CC)CC(NN)c1ccc(OC)nn1. The molecule has 0 saturated heterocycles. The lowest BCUT2D eigenvalue weighted by atomic mass is 10.0. The molecular weight excluding hydrogens is 204 g/mol. The molecule has 0 amide bonds. The van der Waals surface area contributed by atoms with Crippen LogP contribution in [0.1, 0.15) is 31.5 Å². The minimum Gasteiger partial charge on any atom is -0.480 e. The highest BCUT2D eigenvalue weighted by atomic mass is 16.5. The van der Waals surface area contributed by atoms with Crippen molar-refractivity contribution < 1.29 is 4.74 Å². The Morgan fingerprint density at radius 2 is 2.31 bits per heavy atom. The quantitative estimate of drug-likeness (QED) is 0.432. The average Bonchev–Trinajstić information content (AvgIpc) is 2.35. The van der Waals surface area contributed by atoms with Crippen LogP contribution < -0.4 is 16.0 Å². The summed E-state index contributed by atoms with van der Waals surface area (Å²) in [6, 6.07) is 3.56. The number of methoxy groups -OCH3 is 1. The van der Waals surface area contributed by atoms with E-state index in [-0.39, 0.29) is 6.04 Å². The molecule has 0 aromatic carbocycles. The lowest BCUT2D eigenvalue weighted by molar-refractivity contribution is 0.389. The summed E-state index contributed by atoms with van der Waals surface area (Å²) in [5.74, 6) is 5.98. The number of nitrogens with zero attached hydrogens (tertiary/aromatic N) is 2. The van der Waals surface area contributed by atoms with Crippen LogP contribution >= 0.6 is 0 Å². The van der Waals surface area contributed by atoms with E-state index in [1.807, 2.05) is 6.07 Å². The van der Waals surface area contributed by atoms with Crippen molar-refractivity contribution in [3.8, 4) is 5.88 Å². The molecule has 0 radical (unpaired) electrons. The summed E-state index contributed by atoms with van der Waals surface area (Å²) >= 11 is 0. The molecule has 0 fully saturated rings. The zero-order valence-electron chi connectivity index (χ0n) is 9.73. The van der Waals surface area contributed by atoms with Crippen molar-refractivity contribution in [3.63, 3.8) is 0 Å². The normalized spacial score (nSPS) is 12.2. The average molecular weight is 222 g/mol. The number of ether oxygens (including phenoxy) is 1. The first-order valence-electron chi connectivity index (χ1n) is 5.21. The molecule has 0 aliphatic heterocycles. The fraction of sp³-hybridized carbons (Fsp3) is 0.455. The van der Waals surface area contributed by atoms with Crippen LogP contribution in [0.5, 0.6) is 5.88 Å². The predicted molar refractivity (Wildman–Crippen MR) is 62.7 cm³/mol. The third-order valence-corrected chi connectivity index (χ3v) is 2.42. The second kappa shape index (κ2) is 6.19. The highest BCUT2D eigenvalue weighted by molar-refractivity contribution is 5.15. The zero-order valence-corrected chi connectivity index (χ0v) is 9.73. The van der Waals surface area contributed by atoms with E-state index in [4.69, 9.17) is 10.6 Å². The number of hydrazine groups is 1. The molecule has 1 unspecified atom stereocenters. The van der Waals surface area contributed by atoms with E-state index in [2.05, 4.69) is 29.1 Å². The maximum Gasteiger partial charge on any atom is 0.233 e. The van der Waals surface area contributed by atoms with Crippen molar-refractivity contribution in [1.29, 1.82) is 0 Å². The van der Waals surface area contributed by atoms with Crippen molar-refractivity contribution in [1.82, 2.24) is 15.6 Å². The van der Waals surface area contributed by atoms with E-state index >= 15 is 0 Å². The Bertz CT molecular complexity index is 336. The van der Waals surface area contributed by atoms with E-state index in [1.165, 1.54) is 0 Å². The van der Waals surface area contributed by atoms with Crippen molar-refractivity contribution in [2.45, 2.75) is 25.8 Å². The van der Waals surface area contributed by atoms with Gasteiger partial charge in [0.25, 0.3) is 0 Å². The number of nitrogens with two attached hydrogens (primary N) is 1. The van der Waals surface area contributed by atoms with Crippen molar-refractivity contribution in [3.05, 3.63) is 30.0 Å². The monoisotopic (exact) mass is 222 g/mol. The molecule has 0 saturated carbocycles. The Kier molecular flexibility index (Phi) is 4.88. The summed E-state index contributed by atoms with van der Waals surface area (Å²) in [6.07, 6.45) is 1.69. The van der Waals surface area contributed by atoms with Crippen LogP contribution in [-0.4, -0.2) is 17.3 Å². The number of rotatable bonds is 6. The van der Waals surface area contributed by atoms with Crippen molar-refractivity contribution in [2.24, 2.45) is 5.84 Å². The largest absolute Gasteiger partial charge is 0.480 e. The van der Waals surface area contributed by atoms with Crippen LogP contribution in [0.4, 0.5) is 0 Å². The minimum atomic E-state index is -0.0501. The summed E-state index contributed by atoms with van der Waals surface area (Å²) in [6.45, 7) is 6.02. The number of nitrogens with one attached hydrogen (secondary N) is 1. The second-order valence-electron chi connectivity index (χ2n) is 3.53. The van der Waals surface area contributed by atoms with Gasteiger partial charge in [-0.1, -0.05) is 19.1 Å². The van der Waals surface area contributed by atoms with Gasteiger partial charge in [-0.2, -0.15) is 5.10 Å². The van der Waals surface area contributed by atoms with Gasteiger partial charge in [-0.3, -0.25) is 11.3 Å². The molecule has 1 aromatic heterocycles. The van der Waals surface area contributed by atoms with Crippen LogP contribution in [0.3, 0.4) is 0 Å². The van der Waals surface area contributed by atoms with Gasteiger partial charge in [0.15, 0.2) is 0 Å². The molecule has 0 spiro atoms. The van der Waals surface area contributed by atoms with E-state index < -0.39 is 0 Å². The number of aromatic nitrogens is 2. The molecule has 5 heteroatoms. The van der Waals surface area contributed by atoms with Crippen LogP contribution in [-0.2, 0) is 0 Å². The van der Waals surface area contributed by atoms with Gasteiger partial charge in [-0.05, 0) is 18.9 Å². The fourth-order valence-corrected chi connectivity index (χ4v) is 1.31. The van der Waals surface area contributed by atoms with Gasteiger partial charge in [0, 0.05) is 6.07 Å². The first-order chi connectivity index (χ1) is 7.71. The lowest BCUT2D eigenvalue weighted by Crippen LogP contribution is -2.29.